The van der Waals surface area contributed by atoms with E-state index >= 15 is 0 Å². The third-order valence-electron chi connectivity index (χ3n) is 4.43. The number of nitrogens with one attached hydrogen (secondary N) is 1. The first-order chi connectivity index (χ1) is 10.2. The molecule has 0 bridgehead atoms. The number of benzene rings is 1. The van der Waals surface area contributed by atoms with Gasteiger partial charge in [-0.15, -0.1) is 0 Å². The van der Waals surface area contributed by atoms with Crippen molar-refractivity contribution < 1.29 is 5.11 Å². The summed E-state index contributed by atoms with van der Waals surface area (Å²) in [7, 11) is 0. The Morgan fingerprint density at radius 2 is 2.10 bits per heavy atom. The molecule has 0 aromatic heterocycles. The van der Waals surface area contributed by atoms with Crippen molar-refractivity contribution in [2.75, 3.05) is 25.0 Å². The van der Waals surface area contributed by atoms with Crippen LogP contribution in [0.3, 0.4) is 0 Å². The van der Waals surface area contributed by atoms with E-state index in [1.807, 2.05) is 0 Å². The minimum atomic E-state index is 0.350. The highest BCUT2D eigenvalue weighted by Crippen LogP contribution is 2.20. The van der Waals surface area contributed by atoms with Gasteiger partial charge in [-0.3, -0.25) is 4.90 Å². The van der Waals surface area contributed by atoms with E-state index in [1.165, 1.54) is 24.1 Å². The molecule has 3 heteroatoms. The first-order valence-electron chi connectivity index (χ1n) is 8.40. The molecule has 1 aromatic rings. The quantitative estimate of drug-likeness (QED) is 0.807. The standard InChI is InChI=1S/C18H30N2O/c1-3-5-15(2)19-18-7-4-6-17(12-18)13-20-10-8-16(14-21)9-11-20/h4,6-7,12,15-16,19,21H,3,5,8-11,13-14H2,1-2H3. The number of rotatable bonds is 7. The zero-order valence-corrected chi connectivity index (χ0v) is 13.5. The molecule has 1 fully saturated rings. The summed E-state index contributed by atoms with van der Waals surface area (Å²) in [6.07, 6.45) is 4.68. The Morgan fingerprint density at radius 3 is 2.76 bits per heavy atom. The van der Waals surface area contributed by atoms with Crippen LogP contribution in [0.25, 0.3) is 0 Å². The van der Waals surface area contributed by atoms with Gasteiger partial charge in [-0.1, -0.05) is 25.5 Å². The molecule has 1 atom stereocenters. The number of aliphatic hydroxyl groups is 1. The number of likely N-dealkylation sites (tertiary alicyclic amines) is 1. The summed E-state index contributed by atoms with van der Waals surface area (Å²) in [5.41, 5.74) is 2.62. The number of piperidine rings is 1. The Morgan fingerprint density at radius 1 is 1.33 bits per heavy atom. The van der Waals surface area contributed by atoms with Crippen LogP contribution in [0.4, 0.5) is 5.69 Å². The fourth-order valence-corrected chi connectivity index (χ4v) is 3.13. The maximum absolute atomic E-state index is 9.20. The number of anilines is 1. The first-order valence-corrected chi connectivity index (χ1v) is 8.40. The average Bonchev–Trinajstić information content (AvgIpc) is 2.48. The van der Waals surface area contributed by atoms with Crippen molar-refractivity contribution in [1.29, 1.82) is 0 Å². The van der Waals surface area contributed by atoms with Crippen molar-refractivity contribution in [3.8, 4) is 0 Å². The number of hydrogen-bond donors (Lipinski definition) is 2. The number of aliphatic hydroxyl groups excluding tert-OH is 1. The topological polar surface area (TPSA) is 35.5 Å². The van der Waals surface area contributed by atoms with Crippen LogP contribution in [0, 0.1) is 5.92 Å². The van der Waals surface area contributed by atoms with E-state index < -0.39 is 0 Å². The molecule has 1 unspecified atom stereocenters. The average molecular weight is 290 g/mol. The van der Waals surface area contributed by atoms with Gasteiger partial charge >= 0.3 is 0 Å². The van der Waals surface area contributed by atoms with E-state index in [2.05, 4.69) is 48.3 Å². The third-order valence-corrected chi connectivity index (χ3v) is 4.43. The van der Waals surface area contributed by atoms with E-state index in [-0.39, 0.29) is 0 Å². The third kappa shape index (κ3) is 5.33. The fraction of sp³-hybridized carbons (Fsp3) is 0.667. The van der Waals surface area contributed by atoms with Gasteiger partial charge in [0.15, 0.2) is 0 Å². The van der Waals surface area contributed by atoms with E-state index in [4.69, 9.17) is 0 Å². The van der Waals surface area contributed by atoms with Gasteiger partial charge in [0.2, 0.25) is 0 Å². The minimum Gasteiger partial charge on any atom is -0.396 e. The summed E-state index contributed by atoms with van der Waals surface area (Å²) in [4.78, 5) is 2.50. The molecule has 0 amide bonds. The second kappa shape index (κ2) is 8.40. The molecule has 118 valence electrons. The molecular formula is C18H30N2O. The minimum absolute atomic E-state index is 0.350. The van der Waals surface area contributed by atoms with Crippen molar-refractivity contribution in [1.82, 2.24) is 4.90 Å². The summed E-state index contributed by atoms with van der Waals surface area (Å²) in [6.45, 7) is 8.06. The summed E-state index contributed by atoms with van der Waals surface area (Å²) >= 11 is 0. The molecule has 0 radical (unpaired) electrons. The fourth-order valence-electron chi connectivity index (χ4n) is 3.13. The van der Waals surface area contributed by atoms with Gasteiger partial charge < -0.3 is 10.4 Å². The summed E-state index contributed by atoms with van der Waals surface area (Å²) in [5.74, 6) is 0.518. The maximum Gasteiger partial charge on any atom is 0.0460 e. The Kier molecular flexibility index (Phi) is 6.52. The van der Waals surface area contributed by atoms with Gasteiger partial charge in [-0.25, -0.2) is 0 Å². The van der Waals surface area contributed by atoms with Crippen LogP contribution in [0.2, 0.25) is 0 Å². The molecule has 1 heterocycles. The predicted molar refractivity (Wildman–Crippen MR) is 89.5 cm³/mol. The Bertz CT molecular complexity index is 413. The number of nitrogens with zero attached hydrogens (tertiary/aromatic N) is 1. The van der Waals surface area contributed by atoms with Crippen LogP contribution >= 0.6 is 0 Å². The van der Waals surface area contributed by atoms with Crippen molar-refractivity contribution in [3.63, 3.8) is 0 Å². The van der Waals surface area contributed by atoms with Crippen LogP contribution in [-0.4, -0.2) is 35.7 Å². The molecule has 0 saturated carbocycles. The SMILES string of the molecule is CCCC(C)Nc1cccc(CN2CCC(CO)CC2)c1. The molecule has 21 heavy (non-hydrogen) atoms. The lowest BCUT2D eigenvalue weighted by Crippen LogP contribution is -2.34. The Hall–Kier alpha value is -1.06. The van der Waals surface area contributed by atoms with Crippen LogP contribution in [0.1, 0.15) is 45.1 Å². The number of hydrogen-bond acceptors (Lipinski definition) is 3. The second-order valence-electron chi connectivity index (χ2n) is 6.44. The highest BCUT2D eigenvalue weighted by molar-refractivity contribution is 5.46. The van der Waals surface area contributed by atoms with E-state index in [1.54, 1.807) is 0 Å². The molecule has 0 spiro atoms. The molecule has 1 aliphatic heterocycles. The van der Waals surface area contributed by atoms with E-state index in [0.717, 1.165) is 32.5 Å². The zero-order chi connectivity index (χ0) is 15.1. The van der Waals surface area contributed by atoms with Gasteiger partial charge in [-0.2, -0.15) is 0 Å². The summed E-state index contributed by atoms with van der Waals surface area (Å²) in [6, 6.07) is 9.34. The van der Waals surface area contributed by atoms with Gasteiger partial charge in [0, 0.05) is 24.9 Å². The molecule has 0 aliphatic carbocycles. The van der Waals surface area contributed by atoms with Gasteiger partial charge in [0.05, 0.1) is 0 Å². The highest BCUT2D eigenvalue weighted by atomic mass is 16.3. The van der Waals surface area contributed by atoms with Gasteiger partial charge in [0.25, 0.3) is 0 Å². The van der Waals surface area contributed by atoms with Crippen LogP contribution in [0.15, 0.2) is 24.3 Å². The molecule has 2 rings (SSSR count). The van der Waals surface area contributed by atoms with Crippen molar-refractivity contribution in [2.24, 2.45) is 5.92 Å². The lowest BCUT2D eigenvalue weighted by atomic mass is 9.97. The first kappa shape index (κ1) is 16.3. The van der Waals surface area contributed by atoms with Crippen molar-refractivity contribution >= 4 is 5.69 Å². The molecule has 1 aromatic carbocycles. The zero-order valence-electron chi connectivity index (χ0n) is 13.5. The smallest absolute Gasteiger partial charge is 0.0460 e. The van der Waals surface area contributed by atoms with Crippen molar-refractivity contribution in [2.45, 2.75) is 52.1 Å². The Balaban J connectivity index is 1.86. The van der Waals surface area contributed by atoms with Crippen molar-refractivity contribution in [3.05, 3.63) is 29.8 Å². The van der Waals surface area contributed by atoms with Crippen LogP contribution in [-0.2, 0) is 6.54 Å². The van der Waals surface area contributed by atoms with Crippen LogP contribution in [0.5, 0.6) is 0 Å². The van der Waals surface area contributed by atoms with Gasteiger partial charge in [0.1, 0.15) is 0 Å². The monoisotopic (exact) mass is 290 g/mol. The summed E-state index contributed by atoms with van der Waals surface area (Å²) in [5, 5.41) is 12.8. The summed E-state index contributed by atoms with van der Waals surface area (Å²) < 4.78 is 0. The van der Waals surface area contributed by atoms with Gasteiger partial charge in [-0.05, 0) is 62.9 Å². The molecule has 1 aliphatic rings. The Labute approximate surface area is 129 Å². The molecular weight excluding hydrogens is 260 g/mol. The van der Waals surface area contributed by atoms with Crippen LogP contribution < -0.4 is 5.32 Å². The lowest BCUT2D eigenvalue weighted by Gasteiger charge is -2.31. The second-order valence-corrected chi connectivity index (χ2v) is 6.44. The maximum atomic E-state index is 9.20. The molecule has 1 saturated heterocycles. The predicted octanol–water partition coefficient (Wildman–Crippen LogP) is 3.49. The highest BCUT2D eigenvalue weighted by Gasteiger charge is 2.18. The van der Waals surface area contributed by atoms with E-state index in [0.29, 0.717) is 18.6 Å². The normalized spacial score (nSPS) is 18.6. The molecule has 3 nitrogen and oxygen atoms in total. The lowest BCUT2D eigenvalue weighted by molar-refractivity contribution is 0.127. The van der Waals surface area contributed by atoms with E-state index in [9.17, 15) is 5.11 Å². The molecule has 2 N–H and O–H groups in total. The largest absolute Gasteiger partial charge is 0.396 e.